The molecule has 0 saturated carbocycles. The summed E-state index contributed by atoms with van der Waals surface area (Å²) in [6, 6.07) is 1.84. The Hall–Kier alpha value is -1.46. The van der Waals surface area contributed by atoms with Gasteiger partial charge in [0.05, 0.1) is 10.7 Å². The summed E-state index contributed by atoms with van der Waals surface area (Å²) >= 11 is 1.51. The van der Waals surface area contributed by atoms with Gasteiger partial charge >= 0.3 is 0 Å². The van der Waals surface area contributed by atoms with Gasteiger partial charge in [-0.15, -0.1) is 11.3 Å². The topological polar surface area (TPSA) is 72.0 Å². The van der Waals surface area contributed by atoms with Crippen molar-refractivity contribution in [3.05, 3.63) is 39.5 Å². The number of aromatic nitrogens is 2. The van der Waals surface area contributed by atoms with Gasteiger partial charge in [-0.2, -0.15) is 0 Å². The van der Waals surface area contributed by atoms with Gasteiger partial charge < -0.3 is 10.8 Å². The minimum atomic E-state index is -0.794. The first kappa shape index (κ1) is 11.0. The highest BCUT2D eigenvalue weighted by atomic mass is 32.1. The van der Waals surface area contributed by atoms with E-state index in [1.165, 1.54) is 11.3 Å². The van der Waals surface area contributed by atoms with E-state index < -0.39 is 6.10 Å². The van der Waals surface area contributed by atoms with E-state index in [1.54, 1.807) is 6.20 Å². The maximum absolute atomic E-state index is 10.1. The third-order valence-electron chi connectivity index (χ3n) is 2.30. The first-order chi connectivity index (χ1) is 7.58. The SMILES string of the molecule is Cc1cnc(N)c(C(O)c2csc(C)n2)c1. The molecule has 0 spiro atoms. The van der Waals surface area contributed by atoms with Gasteiger partial charge in [0.1, 0.15) is 11.9 Å². The molecule has 0 radical (unpaired) electrons. The van der Waals surface area contributed by atoms with E-state index >= 15 is 0 Å². The second kappa shape index (κ2) is 4.19. The van der Waals surface area contributed by atoms with Crippen molar-refractivity contribution in [3.63, 3.8) is 0 Å². The molecule has 0 aliphatic heterocycles. The van der Waals surface area contributed by atoms with E-state index in [2.05, 4.69) is 9.97 Å². The largest absolute Gasteiger partial charge is 0.383 e. The van der Waals surface area contributed by atoms with Crippen molar-refractivity contribution in [2.75, 3.05) is 5.73 Å². The highest BCUT2D eigenvalue weighted by Gasteiger charge is 2.16. The van der Waals surface area contributed by atoms with Gasteiger partial charge in [-0.05, 0) is 25.5 Å². The first-order valence-electron chi connectivity index (χ1n) is 4.90. The van der Waals surface area contributed by atoms with E-state index in [9.17, 15) is 5.11 Å². The lowest BCUT2D eigenvalue weighted by atomic mass is 10.1. The molecular formula is C11H13N3OS. The molecule has 4 nitrogen and oxygen atoms in total. The standard InChI is InChI=1S/C11H13N3OS/c1-6-3-8(11(12)13-4-6)10(15)9-5-16-7(2)14-9/h3-5,10,15H,1-2H3,(H2,12,13). The maximum atomic E-state index is 10.1. The van der Waals surface area contributed by atoms with Crippen LogP contribution in [0, 0.1) is 13.8 Å². The Morgan fingerprint density at radius 3 is 2.81 bits per heavy atom. The highest BCUT2D eigenvalue weighted by molar-refractivity contribution is 7.09. The highest BCUT2D eigenvalue weighted by Crippen LogP contribution is 2.26. The number of pyridine rings is 1. The van der Waals surface area contributed by atoms with Crippen LogP contribution in [0.3, 0.4) is 0 Å². The number of aliphatic hydroxyl groups is 1. The molecule has 16 heavy (non-hydrogen) atoms. The fourth-order valence-corrected chi connectivity index (χ4v) is 2.12. The van der Waals surface area contributed by atoms with E-state index in [0.717, 1.165) is 10.6 Å². The molecular weight excluding hydrogens is 222 g/mol. The average molecular weight is 235 g/mol. The molecule has 0 amide bonds. The van der Waals surface area contributed by atoms with Crippen LogP contribution in [0.25, 0.3) is 0 Å². The summed E-state index contributed by atoms with van der Waals surface area (Å²) in [7, 11) is 0. The number of aliphatic hydroxyl groups excluding tert-OH is 1. The molecule has 2 heterocycles. The van der Waals surface area contributed by atoms with Crippen molar-refractivity contribution in [1.82, 2.24) is 9.97 Å². The van der Waals surface area contributed by atoms with Crippen LogP contribution in [0.5, 0.6) is 0 Å². The molecule has 5 heteroatoms. The molecule has 1 atom stereocenters. The van der Waals surface area contributed by atoms with Crippen LogP contribution in [-0.4, -0.2) is 15.1 Å². The average Bonchev–Trinajstić information content (AvgIpc) is 2.67. The molecule has 0 saturated heterocycles. The fraction of sp³-hybridized carbons (Fsp3) is 0.273. The Kier molecular flexibility index (Phi) is 2.89. The van der Waals surface area contributed by atoms with E-state index in [4.69, 9.17) is 5.73 Å². The van der Waals surface area contributed by atoms with Crippen molar-refractivity contribution in [2.24, 2.45) is 0 Å². The van der Waals surface area contributed by atoms with Crippen molar-refractivity contribution < 1.29 is 5.11 Å². The fourth-order valence-electron chi connectivity index (χ4n) is 1.49. The summed E-state index contributed by atoms with van der Waals surface area (Å²) in [6.07, 6.45) is 0.884. The zero-order chi connectivity index (χ0) is 11.7. The molecule has 0 bridgehead atoms. The molecule has 2 rings (SSSR count). The lowest BCUT2D eigenvalue weighted by Gasteiger charge is -2.11. The molecule has 0 aliphatic carbocycles. The number of rotatable bonds is 2. The molecule has 3 N–H and O–H groups in total. The van der Waals surface area contributed by atoms with Crippen LogP contribution >= 0.6 is 11.3 Å². The van der Waals surface area contributed by atoms with Gasteiger partial charge in [-0.3, -0.25) is 0 Å². The summed E-state index contributed by atoms with van der Waals surface area (Å²) in [5.41, 5.74) is 7.95. The lowest BCUT2D eigenvalue weighted by Crippen LogP contribution is -2.06. The first-order valence-corrected chi connectivity index (χ1v) is 5.78. The maximum Gasteiger partial charge on any atom is 0.129 e. The second-order valence-electron chi connectivity index (χ2n) is 3.68. The Bertz CT molecular complexity index is 510. The third-order valence-corrected chi connectivity index (χ3v) is 3.09. The van der Waals surface area contributed by atoms with Crippen molar-refractivity contribution in [1.29, 1.82) is 0 Å². The molecule has 2 aromatic heterocycles. The van der Waals surface area contributed by atoms with Gasteiger partial charge in [0.2, 0.25) is 0 Å². The molecule has 0 fully saturated rings. The number of nitrogens with zero attached hydrogens (tertiary/aromatic N) is 2. The molecule has 84 valence electrons. The van der Waals surface area contributed by atoms with Gasteiger partial charge in [0, 0.05) is 17.1 Å². The van der Waals surface area contributed by atoms with Crippen LogP contribution < -0.4 is 5.73 Å². The Balaban J connectivity index is 2.40. The Morgan fingerprint density at radius 1 is 1.44 bits per heavy atom. The van der Waals surface area contributed by atoms with Crippen molar-refractivity contribution in [2.45, 2.75) is 20.0 Å². The minimum Gasteiger partial charge on any atom is -0.383 e. The van der Waals surface area contributed by atoms with Gasteiger partial charge in [0.15, 0.2) is 0 Å². The number of hydrogen-bond acceptors (Lipinski definition) is 5. The third kappa shape index (κ3) is 2.05. The summed E-state index contributed by atoms with van der Waals surface area (Å²) in [5, 5.41) is 12.9. The Labute approximate surface area is 97.8 Å². The zero-order valence-electron chi connectivity index (χ0n) is 9.14. The molecule has 0 aromatic carbocycles. The smallest absolute Gasteiger partial charge is 0.129 e. The predicted molar refractivity (Wildman–Crippen MR) is 64.3 cm³/mol. The lowest BCUT2D eigenvalue weighted by molar-refractivity contribution is 0.216. The summed E-state index contributed by atoms with van der Waals surface area (Å²) in [6.45, 7) is 3.81. The number of hydrogen-bond donors (Lipinski definition) is 2. The quantitative estimate of drug-likeness (QED) is 0.832. The summed E-state index contributed by atoms with van der Waals surface area (Å²) in [5.74, 6) is 0.351. The van der Waals surface area contributed by atoms with Crippen LogP contribution in [0.15, 0.2) is 17.6 Å². The van der Waals surface area contributed by atoms with Crippen LogP contribution in [0.2, 0.25) is 0 Å². The Morgan fingerprint density at radius 2 is 2.19 bits per heavy atom. The molecule has 0 aliphatic rings. The van der Waals surface area contributed by atoms with E-state index in [-0.39, 0.29) is 0 Å². The van der Waals surface area contributed by atoms with Crippen molar-refractivity contribution >= 4 is 17.2 Å². The minimum absolute atomic E-state index is 0.351. The number of nitrogens with two attached hydrogens (primary N) is 1. The van der Waals surface area contributed by atoms with E-state index in [0.29, 0.717) is 17.1 Å². The van der Waals surface area contributed by atoms with Gasteiger partial charge in [0.25, 0.3) is 0 Å². The summed E-state index contributed by atoms with van der Waals surface area (Å²) < 4.78 is 0. The van der Waals surface area contributed by atoms with E-state index in [1.807, 2.05) is 25.3 Å². The van der Waals surface area contributed by atoms with Crippen LogP contribution in [0.4, 0.5) is 5.82 Å². The van der Waals surface area contributed by atoms with Gasteiger partial charge in [-0.25, -0.2) is 9.97 Å². The predicted octanol–water partition coefficient (Wildman–Crippen LogP) is 1.82. The monoisotopic (exact) mass is 235 g/mol. The molecule has 1 unspecified atom stereocenters. The molecule has 2 aromatic rings. The number of anilines is 1. The van der Waals surface area contributed by atoms with Crippen molar-refractivity contribution in [3.8, 4) is 0 Å². The van der Waals surface area contributed by atoms with Gasteiger partial charge in [-0.1, -0.05) is 0 Å². The number of thiazole rings is 1. The summed E-state index contributed by atoms with van der Waals surface area (Å²) in [4.78, 5) is 8.27. The zero-order valence-corrected chi connectivity index (χ0v) is 9.95. The number of aryl methyl sites for hydroxylation is 2. The second-order valence-corrected chi connectivity index (χ2v) is 4.74. The van der Waals surface area contributed by atoms with Crippen LogP contribution in [0.1, 0.15) is 27.9 Å². The normalized spacial score (nSPS) is 12.7. The van der Waals surface area contributed by atoms with Crippen LogP contribution in [-0.2, 0) is 0 Å². The number of nitrogen functional groups attached to an aromatic ring is 1.